The molecule has 0 saturated heterocycles. The molecule has 4 rings (SSSR count). The van der Waals surface area contributed by atoms with E-state index < -0.39 is 8.38 Å². The summed E-state index contributed by atoms with van der Waals surface area (Å²) in [5.74, 6) is 2.34. The lowest BCUT2D eigenvalue weighted by molar-refractivity contribution is 0.393. The molecule has 4 heteroatoms. The van der Waals surface area contributed by atoms with Crippen molar-refractivity contribution in [1.82, 2.24) is 0 Å². The molecule has 0 amide bonds. The first-order valence-electron chi connectivity index (χ1n) is 11.3. The Morgan fingerprint density at radius 2 is 1.75 bits per heavy atom. The van der Waals surface area contributed by atoms with Gasteiger partial charge in [-0.25, -0.2) is 0 Å². The first kappa shape index (κ1) is 22.6. The second kappa shape index (κ2) is 10.3. The molecule has 32 heavy (non-hydrogen) atoms. The zero-order valence-corrected chi connectivity index (χ0v) is 20.1. The maximum atomic E-state index is 6.58. The summed E-state index contributed by atoms with van der Waals surface area (Å²) >= 11 is 0. The van der Waals surface area contributed by atoms with E-state index in [1.807, 2.05) is 18.2 Å². The van der Waals surface area contributed by atoms with E-state index in [0.717, 1.165) is 47.2 Å². The predicted molar refractivity (Wildman–Crippen MR) is 134 cm³/mol. The van der Waals surface area contributed by atoms with Crippen LogP contribution < -0.4 is 9.26 Å². The molecule has 0 aromatic heterocycles. The molecule has 1 unspecified atom stereocenters. The lowest BCUT2D eigenvalue weighted by Gasteiger charge is -2.27. The van der Waals surface area contributed by atoms with Crippen molar-refractivity contribution in [2.75, 3.05) is 7.11 Å². The van der Waals surface area contributed by atoms with E-state index in [1.54, 1.807) is 7.11 Å². The van der Waals surface area contributed by atoms with Crippen LogP contribution in [-0.4, -0.2) is 7.11 Å². The van der Waals surface area contributed by atoms with E-state index in [-0.39, 0.29) is 0 Å². The van der Waals surface area contributed by atoms with Gasteiger partial charge in [-0.3, -0.25) is 0 Å². The summed E-state index contributed by atoms with van der Waals surface area (Å²) in [5.41, 5.74) is 6.73. The molecule has 1 aliphatic heterocycles. The molecule has 3 aromatic rings. The molecule has 1 heterocycles. The Balaban J connectivity index is 1.74. The van der Waals surface area contributed by atoms with Crippen LogP contribution in [0.5, 0.6) is 11.5 Å². The summed E-state index contributed by atoms with van der Waals surface area (Å²) in [6, 6.07) is 21.0. The number of ether oxygens (including phenoxy) is 1. The van der Waals surface area contributed by atoms with Crippen molar-refractivity contribution in [2.24, 2.45) is 0 Å². The second-order valence-electron chi connectivity index (χ2n) is 8.25. The predicted octanol–water partition coefficient (Wildman–Crippen LogP) is 8.30. The minimum Gasteiger partial charge on any atom is -0.457 e. The van der Waals surface area contributed by atoms with Gasteiger partial charge >= 0.3 is 0 Å². The monoisotopic (exact) mass is 446 g/mol. The number of rotatable bonds is 9. The zero-order chi connectivity index (χ0) is 22.5. The third-order valence-corrected chi connectivity index (χ3v) is 7.16. The van der Waals surface area contributed by atoms with Gasteiger partial charge in [0.15, 0.2) is 0 Å². The molecular weight excluding hydrogens is 415 g/mol. The average Bonchev–Trinajstić information content (AvgIpc) is 2.79. The van der Waals surface area contributed by atoms with Crippen molar-refractivity contribution in [3.8, 4) is 22.6 Å². The van der Waals surface area contributed by atoms with Gasteiger partial charge in [-0.2, -0.15) is 0 Å². The van der Waals surface area contributed by atoms with E-state index in [2.05, 4.69) is 62.9 Å². The summed E-state index contributed by atoms with van der Waals surface area (Å²) in [4.78, 5) is 0. The molecule has 0 spiro atoms. The van der Waals surface area contributed by atoms with E-state index in [1.165, 1.54) is 29.5 Å². The Labute approximate surface area is 193 Å². The van der Waals surface area contributed by atoms with Crippen LogP contribution in [0.2, 0.25) is 0 Å². The molecule has 0 fully saturated rings. The number of benzene rings is 3. The molecule has 1 atom stereocenters. The van der Waals surface area contributed by atoms with Crippen LogP contribution in [0.1, 0.15) is 48.4 Å². The Kier molecular flexibility index (Phi) is 7.29. The SMILES string of the molecule is C=C1Oc2cc(CCCCC)cc(OP(Cc3ccccc3)OC)c2-c2cc(C)ccc21. The molecule has 0 N–H and O–H groups in total. The van der Waals surface area contributed by atoms with E-state index in [0.29, 0.717) is 5.76 Å². The maximum Gasteiger partial charge on any atom is 0.234 e. The van der Waals surface area contributed by atoms with Gasteiger partial charge < -0.3 is 13.8 Å². The summed E-state index contributed by atoms with van der Waals surface area (Å²) < 4.78 is 18.6. The van der Waals surface area contributed by atoms with Gasteiger partial charge in [0.05, 0.1) is 11.7 Å². The fourth-order valence-electron chi connectivity index (χ4n) is 4.06. The molecule has 1 aliphatic rings. The van der Waals surface area contributed by atoms with Gasteiger partial charge in [0.2, 0.25) is 8.38 Å². The smallest absolute Gasteiger partial charge is 0.234 e. The van der Waals surface area contributed by atoms with Gasteiger partial charge in [-0.05, 0) is 43.0 Å². The third kappa shape index (κ3) is 5.06. The quantitative estimate of drug-likeness (QED) is 0.244. The fraction of sp³-hybridized carbons (Fsp3) is 0.286. The highest BCUT2D eigenvalue weighted by Crippen LogP contribution is 2.52. The molecule has 3 nitrogen and oxygen atoms in total. The lowest BCUT2D eigenvalue weighted by Crippen LogP contribution is -2.07. The Bertz CT molecular complexity index is 1090. The van der Waals surface area contributed by atoms with Crippen LogP contribution in [0.15, 0.2) is 67.2 Å². The summed E-state index contributed by atoms with van der Waals surface area (Å²) in [6.07, 6.45) is 5.28. The number of hydrogen-bond acceptors (Lipinski definition) is 3. The van der Waals surface area contributed by atoms with Crippen molar-refractivity contribution in [3.63, 3.8) is 0 Å². The topological polar surface area (TPSA) is 27.7 Å². The van der Waals surface area contributed by atoms with Crippen molar-refractivity contribution in [1.29, 1.82) is 0 Å². The number of fused-ring (bicyclic) bond motifs is 3. The van der Waals surface area contributed by atoms with Gasteiger partial charge in [-0.15, -0.1) is 0 Å². The number of aryl methyl sites for hydroxylation is 2. The van der Waals surface area contributed by atoms with Crippen LogP contribution in [0, 0.1) is 6.92 Å². The molecule has 0 aliphatic carbocycles. The molecule has 166 valence electrons. The summed E-state index contributed by atoms with van der Waals surface area (Å²) in [6.45, 7) is 8.50. The maximum absolute atomic E-state index is 6.58. The highest BCUT2D eigenvalue weighted by molar-refractivity contribution is 7.46. The van der Waals surface area contributed by atoms with Gasteiger partial charge in [0.25, 0.3) is 0 Å². The molecule has 0 saturated carbocycles. The zero-order valence-electron chi connectivity index (χ0n) is 19.2. The minimum atomic E-state index is -1.14. The highest BCUT2D eigenvalue weighted by atomic mass is 31.2. The van der Waals surface area contributed by atoms with E-state index in [9.17, 15) is 0 Å². The standard InChI is InChI=1S/C28H31O3P/c1-5-6-8-13-23-17-26-28(25-16-20(2)14-15-24(25)21(3)30-26)27(18-23)31-32(29-4)19-22-11-9-7-10-12-22/h7,9-12,14-18H,3,5-6,8,13,19H2,1-2,4H3. The van der Waals surface area contributed by atoms with Crippen molar-refractivity contribution in [2.45, 2.75) is 45.7 Å². The second-order valence-corrected chi connectivity index (χ2v) is 9.78. The van der Waals surface area contributed by atoms with Crippen molar-refractivity contribution in [3.05, 3.63) is 89.5 Å². The number of unbranched alkanes of at least 4 members (excludes halogenated alkanes) is 2. The molecule has 0 bridgehead atoms. The minimum absolute atomic E-state index is 0.683. The van der Waals surface area contributed by atoms with Crippen molar-refractivity contribution < 1.29 is 13.8 Å². The molecule has 0 radical (unpaired) electrons. The first-order chi connectivity index (χ1) is 15.6. The Hall–Kier alpha value is -2.61. The highest BCUT2D eigenvalue weighted by Gasteiger charge is 2.27. The van der Waals surface area contributed by atoms with Gasteiger partial charge in [0.1, 0.15) is 17.3 Å². The largest absolute Gasteiger partial charge is 0.457 e. The third-order valence-electron chi connectivity index (χ3n) is 5.73. The number of hydrogen-bond donors (Lipinski definition) is 0. The van der Waals surface area contributed by atoms with Crippen LogP contribution in [0.4, 0.5) is 0 Å². The van der Waals surface area contributed by atoms with Gasteiger partial charge in [0, 0.05) is 18.2 Å². The van der Waals surface area contributed by atoms with E-state index >= 15 is 0 Å². The van der Waals surface area contributed by atoms with E-state index in [4.69, 9.17) is 13.8 Å². The van der Waals surface area contributed by atoms with Crippen LogP contribution >= 0.6 is 8.38 Å². The Morgan fingerprint density at radius 1 is 0.938 bits per heavy atom. The fourth-order valence-corrected chi connectivity index (χ4v) is 5.20. The van der Waals surface area contributed by atoms with Gasteiger partial charge in [-0.1, -0.05) is 80.4 Å². The molecule has 3 aromatic carbocycles. The molecular formula is C28H31O3P. The lowest BCUT2D eigenvalue weighted by atomic mass is 9.91. The average molecular weight is 447 g/mol. The summed E-state index contributed by atoms with van der Waals surface area (Å²) in [5, 5.41) is 0. The Morgan fingerprint density at radius 3 is 2.50 bits per heavy atom. The van der Waals surface area contributed by atoms with Crippen molar-refractivity contribution >= 4 is 14.1 Å². The normalized spacial score (nSPS) is 13.2. The summed E-state index contributed by atoms with van der Waals surface area (Å²) in [7, 11) is 0.584. The van der Waals surface area contributed by atoms with Crippen LogP contribution in [-0.2, 0) is 17.1 Å². The van der Waals surface area contributed by atoms with Crippen LogP contribution in [0.25, 0.3) is 16.9 Å². The van der Waals surface area contributed by atoms with Crippen LogP contribution in [0.3, 0.4) is 0 Å². The first-order valence-corrected chi connectivity index (χ1v) is 12.6.